The molecule has 0 saturated heterocycles. The molecule has 0 aliphatic heterocycles. The van der Waals surface area contributed by atoms with Gasteiger partial charge in [-0.1, -0.05) is 315 Å². The zero-order valence-electron chi connectivity index (χ0n) is 67.1. The van der Waals surface area contributed by atoms with Gasteiger partial charge in [-0.25, -0.2) is 0 Å². The molecule has 8 heteroatoms. The van der Waals surface area contributed by atoms with E-state index < -0.39 is 0 Å². The molecule has 0 fully saturated rings. The van der Waals surface area contributed by atoms with Crippen LogP contribution in [0.3, 0.4) is 0 Å². The maximum Gasteiger partial charge on any atom is 0.159 e. The molecule has 0 N–H and O–H groups in total. The van der Waals surface area contributed by atoms with Crippen molar-refractivity contribution >= 4 is 210 Å². The lowest BCUT2D eigenvalue weighted by Crippen LogP contribution is -2.12. The number of hydrogen-bond donors (Lipinski definition) is 0. The van der Waals surface area contributed by atoms with Gasteiger partial charge in [-0.05, 0) is 199 Å². The Balaban J connectivity index is 0.000000141. The van der Waals surface area contributed by atoms with Crippen LogP contribution in [0.4, 0.5) is 68.2 Å². The average molecular weight is 1590 g/mol. The quantitative estimate of drug-likeness (QED) is 0.0788. The highest BCUT2D eigenvalue weighted by Gasteiger charge is 2.30. The third-order valence-electron chi connectivity index (χ3n) is 24.6. The standard InChI is InChI=1S/C62H40N2O2.C54H34N2O2/c1-5-19-41(20-6-1)59-49-37-35-46(64(44-25-11-4-12-26-44)56-32-18-30-52-48-28-14-16-34-58(48)66-62(52)56)40-54(49)60(42-21-7-2-8-22-42)50-38-36-45(39-53(50)59)63(43-23-9-3-10-24-43)55-31-17-29-51-47-27-13-15-33-57(47)65-61(51)55;1-3-17-35(18-4-1)55(47-29-15-27-43-41-25-11-13-31-51(41)57-53(43)47)49-33-45-38-22-8-10-24-40(38)50(34-46(45)37-21-7-9-23-39(37)49)56(36-19-5-2-6-20-36)48-30-16-28-44-42-26-12-14-32-52(42)58-54(44)48/h1-40H;1-34H. The Morgan fingerprint density at radius 3 is 0.677 bits per heavy atom. The maximum atomic E-state index is 6.70. The highest BCUT2D eigenvalue weighted by atomic mass is 16.3. The van der Waals surface area contributed by atoms with Crippen molar-refractivity contribution < 1.29 is 17.7 Å². The van der Waals surface area contributed by atoms with E-state index in [1.54, 1.807) is 0 Å². The Morgan fingerprint density at radius 1 is 0.129 bits per heavy atom. The first-order valence-corrected chi connectivity index (χ1v) is 42.1. The SMILES string of the molecule is c1ccc(-c2c3ccc(N(c4ccccc4)c4cccc5c4oc4ccccc45)cc3c(-c3ccccc3)c3ccc(N(c4ccccc4)c4cccc5c4oc4ccccc45)cc23)cc1.c1ccc(N(c2cc3c4ccccc4c(N(c4ccccc4)c4cccc5c4oc4ccccc45)cc3c3ccccc23)c2cccc3c2oc2ccccc23)cc1. The van der Waals surface area contributed by atoms with Gasteiger partial charge in [-0.15, -0.1) is 0 Å². The van der Waals surface area contributed by atoms with Crippen LogP contribution in [0.15, 0.2) is 467 Å². The summed E-state index contributed by atoms with van der Waals surface area (Å²) < 4.78 is 26.8. The zero-order chi connectivity index (χ0) is 81.7. The first kappa shape index (κ1) is 71.4. The van der Waals surface area contributed by atoms with Crippen LogP contribution < -0.4 is 19.6 Å². The summed E-state index contributed by atoms with van der Waals surface area (Å²) in [6, 6.07) is 160. The summed E-state index contributed by atoms with van der Waals surface area (Å²) >= 11 is 0. The highest BCUT2D eigenvalue weighted by Crippen LogP contribution is 2.54. The monoisotopic (exact) mass is 1590 g/mol. The van der Waals surface area contributed by atoms with Crippen LogP contribution in [0.5, 0.6) is 0 Å². The second-order valence-electron chi connectivity index (χ2n) is 31.6. The van der Waals surface area contributed by atoms with Gasteiger partial charge in [-0.3, -0.25) is 0 Å². The first-order chi connectivity index (χ1) is 61.6. The first-order valence-electron chi connectivity index (χ1n) is 42.1. The summed E-state index contributed by atoms with van der Waals surface area (Å²) in [4.78, 5) is 9.41. The lowest BCUT2D eigenvalue weighted by atomic mass is 9.85. The molecule has 0 unspecified atom stereocenters. The molecule has 0 atom stereocenters. The number of para-hydroxylation sites is 12. The number of nitrogens with zero attached hydrogens (tertiary/aromatic N) is 4. The van der Waals surface area contributed by atoms with E-state index in [9.17, 15) is 0 Å². The minimum absolute atomic E-state index is 0.850. The Labute approximate surface area is 713 Å². The van der Waals surface area contributed by atoms with Crippen molar-refractivity contribution in [2.75, 3.05) is 19.6 Å². The molecule has 0 saturated carbocycles. The molecule has 8 nitrogen and oxygen atoms in total. The predicted molar refractivity (Wildman–Crippen MR) is 519 cm³/mol. The second-order valence-corrected chi connectivity index (χ2v) is 31.6. The fraction of sp³-hybridized carbons (Fsp3) is 0. The number of fused-ring (bicyclic) bond motifs is 19. The van der Waals surface area contributed by atoms with Crippen molar-refractivity contribution in [2.45, 2.75) is 0 Å². The topological polar surface area (TPSA) is 65.5 Å². The average Bonchev–Trinajstić information content (AvgIpc) is 0.955. The molecular formula is C116H74N4O4. The van der Waals surface area contributed by atoms with Crippen LogP contribution in [0.25, 0.3) is 164 Å². The summed E-state index contributed by atoms with van der Waals surface area (Å²) in [5, 5.41) is 20.3. The predicted octanol–water partition coefficient (Wildman–Crippen LogP) is 34.0. The van der Waals surface area contributed by atoms with Gasteiger partial charge in [0, 0.05) is 88.0 Å². The van der Waals surface area contributed by atoms with E-state index in [4.69, 9.17) is 17.7 Å². The molecule has 25 rings (SSSR count). The van der Waals surface area contributed by atoms with Crippen molar-refractivity contribution in [1.82, 2.24) is 0 Å². The molecule has 4 aromatic heterocycles. The van der Waals surface area contributed by atoms with Crippen LogP contribution in [-0.2, 0) is 0 Å². The summed E-state index contributed by atoms with van der Waals surface area (Å²) in [5.41, 5.74) is 23.9. The van der Waals surface area contributed by atoms with E-state index in [0.29, 0.717) is 0 Å². The van der Waals surface area contributed by atoms with Gasteiger partial charge < -0.3 is 37.3 Å². The van der Waals surface area contributed by atoms with Crippen LogP contribution >= 0.6 is 0 Å². The normalized spacial score (nSPS) is 11.7. The number of benzene rings is 21. The van der Waals surface area contributed by atoms with Gasteiger partial charge in [-0.2, -0.15) is 0 Å². The molecule has 0 aliphatic carbocycles. The minimum atomic E-state index is 0.850. The summed E-state index contributed by atoms with van der Waals surface area (Å²) in [7, 11) is 0. The van der Waals surface area contributed by atoms with Gasteiger partial charge in [0.15, 0.2) is 22.3 Å². The van der Waals surface area contributed by atoms with Crippen LogP contribution in [0.2, 0.25) is 0 Å². The molecule has 21 aromatic carbocycles. The molecule has 0 radical (unpaired) electrons. The third kappa shape index (κ3) is 11.8. The molecular weight excluding hydrogens is 1510 g/mol. The van der Waals surface area contributed by atoms with E-state index in [0.717, 1.165) is 210 Å². The molecule has 0 spiro atoms. The van der Waals surface area contributed by atoms with Crippen LogP contribution in [-0.4, -0.2) is 0 Å². The Morgan fingerprint density at radius 2 is 0.371 bits per heavy atom. The van der Waals surface area contributed by atoms with E-state index in [2.05, 4.69) is 432 Å². The van der Waals surface area contributed by atoms with Gasteiger partial charge >= 0.3 is 0 Å². The van der Waals surface area contributed by atoms with Crippen molar-refractivity contribution in [3.8, 4) is 22.3 Å². The lowest BCUT2D eigenvalue weighted by molar-refractivity contribution is 0.668. The van der Waals surface area contributed by atoms with Crippen molar-refractivity contribution in [1.29, 1.82) is 0 Å². The number of rotatable bonds is 14. The summed E-state index contributed by atoms with van der Waals surface area (Å²) in [5.74, 6) is 0. The summed E-state index contributed by atoms with van der Waals surface area (Å²) in [6.07, 6.45) is 0. The number of hydrogen-bond acceptors (Lipinski definition) is 8. The van der Waals surface area contributed by atoms with E-state index in [1.807, 2.05) is 36.4 Å². The summed E-state index contributed by atoms with van der Waals surface area (Å²) in [6.45, 7) is 0. The van der Waals surface area contributed by atoms with Crippen molar-refractivity contribution in [3.63, 3.8) is 0 Å². The smallest absolute Gasteiger partial charge is 0.159 e. The molecule has 0 aliphatic rings. The Bertz CT molecular complexity index is 7960. The maximum absolute atomic E-state index is 6.70. The van der Waals surface area contributed by atoms with Gasteiger partial charge in [0.1, 0.15) is 22.3 Å². The van der Waals surface area contributed by atoms with Crippen LogP contribution in [0.1, 0.15) is 0 Å². The van der Waals surface area contributed by atoms with Gasteiger partial charge in [0.05, 0.1) is 34.1 Å². The van der Waals surface area contributed by atoms with Gasteiger partial charge in [0.2, 0.25) is 0 Å². The zero-order valence-corrected chi connectivity index (χ0v) is 67.1. The molecule has 582 valence electrons. The van der Waals surface area contributed by atoms with Crippen molar-refractivity contribution in [3.05, 3.63) is 449 Å². The molecule has 25 aromatic rings. The molecule has 0 bridgehead atoms. The minimum Gasteiger partial charge on any atom is -0.454 e. The lowest BCUT2D eigenvalue weighted by Gasteiger charge is -2.29. The molecule has 4 heterocycles. The fourth-order valence-corrected chi connectivity index (χ4v) is 19.2. The highest BCUT2D eigenvalue weighted by molar-refractivity contribution is 6.27. The number of anilines is 12. The van der Waals surface area contributed by atoms with E-state index in [1.165, 1.54) is 21.9 Å². The van der Waals surface area contributed by atoms with Crippen molar-refractivity contribution in [2.24, 2.45) is 0 Å². The van der Waals surface area contributed by atoms with E-state index >= 15 is 0 Å². The fourth-order valence-electron chi connectivity index (χ4n) is 19.2. The third-order valence-corrected chi connectivity index (χ3v) is 24.6. The van der Waals surface area contributed by atoms with E-state index in [-0.39, 0.29) is 0 Å². The molecule has 0 amide bonds. The van der Waals surface area contributed by atoms with Gasteiger partial charge in [0.25, 0.3) is 0 Å². The number of furan rings is 4. The Hall–Kier alpha value is -16.7. The Kier molecular flexibility index (Phi) is 17.1. The largest absolute Gasteiger partial charge is 0.454 e. The second kappa shape index (κ2) is 29.7. The van der Waals surface area contributed by atoms with Crippen LogP contribution in [0, 0.1) is 0 Å². The molecule has 124 heavy (non-hydrogen) atoms.